The fourth-order valence-corrected chi connectivity index (χ4v) is 6.04. The number of rotatable bonds is 8. The number of hydrogen-bond donors (Lipinski definition) is 2. The lowest BCUT2D eigenvalue weighted by Crippen LogP contribution is -2.25. The maximum atomic E-state index is 13.1. The average Bonchev–Trinajstić information content (AvgIpc) is 3.35. The van der Waals surface area contributed by atoms with Crippen molar-refractivity contribution in [3.63, 3.8) is 0 Å². The van der Waals surface area contributed by atoms with Crippen LogP contribution in [-0.2, 0) is 30.7 Å². The molecule has 2 heterocycles. The van der Waals surface area contributed by atoms with Crippen LogP contribution in [0.1, 0.15) is 52.0 Å². The van der Waals surface area contributed by atoms with Gasteiger partial charge in [-0.05, 0) is 50.7 Å². The molecule has 0 unspecified atom stereocenters. The summed E-state index contributed by atoms with van der Waals surface area (Å²) in [6.45, 7) is 5.14. The van der Waals surface area contributed by atoms with E-state index in [-0.39, 0.29) is 17.6 Å². The molecular weight excluding hydrogens is 442 g/mol. The number of hydrogen-bond acceptors (Lipinski definition) is 6. The Morgan fingerprint density at radius 2 is 1.94 bits per heavy atom. The standard InChI is InChI=1S/C23H27N5O2S2/c1-3-28-15(2)26-27-23(28)31-14-19(29)25-22-20(17-11-7-8-12-18(17)32-22)21(30)24-13-16-9-5-4-6-10-16/h4-6,9-10H,3,7-8,11-14H2,1-2H3,(H,24,30)(H,25,29). The van der Waals surface area contributed by atoms with Crippen molar-refractivity contribution in [1.82, 2.24) is 20.1 Å². The third-order valence-electron chi connectivity index (χ3n) is 5.50. The number of carbonyl (C=O) groups excluding carboxylic acids is 2. The van der Waals surface area contributed by atoms with E-state index in [0.717, 1.165) is 54.3 Å². The highest BCUT2D eigenvalue weighted by Crippen LogP contribution is 2.38. The molecule has 3 aromatic rings. The van der Waals surface area contributed by atoms with E-state index in [1.54, 1.807) is 0 Å². The van der Waals surface area contributed by atoms with Crippen molar-refractivity contribution in [2.24, 2.45) is 0 Å². The van der Waals surface area contributed by atoms with Gasteiger partial charge in [0.25, 0.3) is 5.91 Å². The number of fused-ring (bicyclic) bond motifs is 1. The second-order valence-electron chi connectivity index (χ2n) is 7.69. The lowest BCUT2D eigenvalue weighted by Gasteiger charge is -2.13. The van der Waals surface area contributed by atoms with Gasteiger partial charge in [0.05, 0.1) is 11.3 Å². The Balaban J connectivity index is 1.47. The maximum Gasteiger partial charge on any atom is 0.254 e. The molecule has 0 atom stereocenters. The number of aromatic nitrogens is 3. The fourth-order valence-electron chi connectivity index (χ4n) is 3.89. The van der Waals surface area contributed by atoms with Crippen molar-refractivity contribution in [3.05, 3.63) is 57.7 Å². The van der Waals surface area contributed by atoms with E-state index in [0.29, 0.717) is 17.1 Å². The third kappa shape index (κ3) is 5.05. The van der Waals surface area contributed by atoms with Gasteiger partial charge in [-0.1, -0.05) is 42.1 Å². The monoisotopic (exact) mass is 469 g/mol. The Kier molecular flexibility index (Phi) is 7.26. The Morgan fingerprint density at radius 1 is 1.16 bits per heavy atom. The molecule has 168 valence electrons. The van der Waals surface area contributed by atoms with Gasteiger partial charge >= 0.3 is 0 Å². The van der Waals surface area contributed by atoms with Crippen LogP contribution in [0.15, 0.2) is 35.5 Å². The predicted octanol–water partition coefficient (Wildman–Crippen LogP) is 4.21. The van der Waals surface area contributed by atoms with E-state index in [1.165, 1.54) is 28.0 Å². The molecule has 32 heavy (non-hydrogen) atoms. The molecular formula is C23H27N5O2S2. The minimum atomic E-state index is -0.144. The molecule has 2 aromatic heterocycles. The summed E-state index contributed by atoms with van der Waals surface area (Å²) in [7, 11) is 0. The van der Waals surface area contributed by atoms with Gasteiger partial charge in [-0.25, -0.2) is 0 Å². The van der Waals surface area contributed by atoms with Gasteiger partial charge in [0.2, 0.25) is 5.91 Å². The lowest BCUT2D eigenvalue weighted by molar-refractivity contribution is -0.113. The van der Waals surface area contributed by atoms with Crippen LogP contribution in [0.25, 0.3) is 0 Å². The van der Waals surface area contributed by atoms with Crippen LogP contribution < -0.4 is 10.6 Å². The van der Waals surface area contributed by atoms with E-state index in [9.17, 15) is 9.59 Å². The molecule has 0 bridgehead atoms. The number of thiophene rings is 1. The highest BCUT2D eigenvalue weighted by Gasteiger charge is 2.26. The van der Waals surface area contributed by atoms with Crippen LogP contribution >= 0.6 is 23.1 Å². The minimum Gasteiger partial charge on any atom is -0.348 e. The van der Waals surface area contributed by atoms with Crippen molar-refractivity contribution in [2.45, 2.75) is 57.8 Å². The Bertz CT molecular complexity index is 1110. The molecule has 1 aliphatic rings. The summed E-state index contributed by atoms with van der Waals surface area (Å²) in [6.07, 6.45) is 4.03. The molecule has 9 heteroatoms. The van der Waals surface area contributed by atoms with Gasteiger partial charge in [0.15, 0.2) is 5.16 Å². The summed E-state index contributed by atoms with van der Waals surface area (Å²) in [6, 6.07) is 9.84. The molecule has 1 aromatic carbocycles. The lowest BCUT2D eigenvalue weighted by atomic mass is 9.95. The van der Waals surface area contributed by atoms with Gasteiger partial charge in [-0.15, -0.1) is 21.5 Å². The van der Waals surface area contributed by atoms with Crippen LogP contribution in [0.5, 0.6) is 0 Å². The van der Waals surface area contributed by atoms with Crippen LogP contribution in [0, 0.1) is 6.92 Å². The summed E-state index contributed by atoms with van der Waals surface area (Å²) < 4.78 is 1.98. The highest BCUT2D eigenvalue weighted by molar-refractivity contribution is 7.99. The van der Waals surface area contributed by atoms with Crippen molar-refractivity contribution in [1.29, 1.82) is 0 Å². The van der Waals surface area contributed by atoms with Crippen LogP contribution in [0.3, 0.4) is 0 Å². The third-order valence-corrected chi connectivity index (χ3v) is 7.67. The summed E-state index contributed by atoms with van der Waals surface area (Å²) in [4.78, 5) is 27.1. The minimum absolute atomic E-state index is 0.127. The first-order valence-electron chi connectivity index (χ1n) is 10.9. The number of nitrogens with zero attached hydrogens (tertiary/aromatic N) is 3. The van der Waals surface area contributed by atoms with Gasteiger partial charge in [0.1, 0.15) is 10.8 Å². The number of amides is 2. The Morgan fingerprint density at radius 3 is 2.72 bits per heavy atom. The first-order valence-corrected chi connectivity index (χ1v) is 12.7. The number of anilines is 1. The summed E-state index contributed by atoms with van der Waals surface area (Å²) in [5.74, 6) is 0.775. The molecule has 0 spiro atoms. The second kappa shape index (κ2) is 10.3. The Hall–Kier alpha value is -2.65. The smallest absolute Gasteiger partial charge is 0.254 e. The topological polar surface area (TPSA) is 88.9 Å². The second-order valence-corrected chi connectivity index (χ2v) is 9.74. The zero-order chi connectivity index (χ0) is 22.5. The molecule has 2 N–H and O–H groups in total. The largest absolute Gasteiger partial charge is 0.348 e. The first kappa shape index (κ1) is 22.5. The fraction of sp³-hybridized carbons (Fsp3) is 0.391. The number of aryl methyl sites for hydroxylation is 2. The van der Waals surface area contributed by atoms with Crippen LogP contribution in [-0.4, -0.2) is 32.3 Å². The van der Waals surface area contributed by atoms with Crippen LogP contribution in [0.2, 0.25) is 0 Å². The predicted molar refractivity (Wildman–Crippen MR) is 128 cm³/mol. The highest BCUT2D eigenvalue weighted by atomic mass is 32.2. The van der Waals surface area contributed by atoms with E-state index in [4.69, 9.17) is 0 Å². The molecule has 4 rings (SSSR count). The van der Waals surface area contributed by atoms with Gasteiger partial charge in [-0.2, -0.15) is 0 Å². The van der Waals surface area contributed by atoms with Crippen molar-refractivity contribution >= 4 is 39.9 Å². The SMILES string of the molecule is CCn1c(C)nnc1SCC(=O)Nc1sc2c(c1C(=O)NCc1ccccc1)CCCC2. The molecule has 0 saturated heterocycles. The van der Waals surface area contributed by atoms with Crippen molar-refractivity contribution in [2.75, 3.05) is 11.1 Å². The summed E-state index contributed by atoms with van der Waals surface area (Å²) >= 11 is 2.90. The Labute approximate surface area is 196 Å². The normalized spacial score (nSPS) is 12.9. The first-order chi connectivity index (χ1) is 15.6. The zero-order valence-corrected chi connectivity index (χ0v) is 19.9. The van der Waals surface area contributed by atoms with Gasteiger partial charge < -0.3 is 15.2 Å². The van der Waals surface area contributed by atoms with E-state index >= 15 is 0 Å². The molecule has 2 amide bonds. The number of thioether (sulfide) groups is 1. The van der Waals surface area contributed by atoms with E-state index in [2.05, 4.69) is 20.8 Å². The summed E-state index contributed by atoms with van der Waals surface area (Å²) in [5.41, 5.74) is 2.77. The van der Waals surface area contributed by atoms with Crippen LogP contribution in [0.4, 0.5) is 5.00 Å². The van der Waals surface area contributed by atoms with E-state index in [1.807, 2.05) is 48.7 Å². The van der Waals surface area contributed by atoms with E-state index < -0.39 is 0 Å². The molecule has 1 aliphatic carbocycles. The van der Waals surface area contributed by atoms with Gasteiger partial charge in [0, 0.05) is 18.0 Å². The number of benzene rings is 1. The molecule has 0 fully saturated rings. The number of nitrogens with one attached hydrogen (secondary N) is 2. The molecule has 0 aliphatic heterocycles. The van der Waals surface area contributed by atoms with Gasteiger partial charge in [-0.3, -0.25) is 9.59 Å². The molecule has 0 saturated carbocycles. The van der Waals surface area contributed by atoms with Crippen molar-refractivity contribution in [3.8, 4) is 0 Å². The maximum absolute atomic E-state index is 13.1. The summed E-state index contributed by atoms with van der Waals surface area (Å²) in [5, 5.41) is 15.7. The zero-order valence-electron chi connectivity index (χ0n) is 18.3. The average molecular weight is 470 g/mol. The quantitative estimate of drug-likeness (QED) is 0.483. The molecule has 7 nitrogen and oxygen atoms in total. The number of carbonyl (C=O) groups is 2. The van der Waals surface area contributed by atoms with Crippen molar-refractivity contribution < 1.29 is 9.59 Å². The molecule has 0 radical (unpaired) electrons.